The summed E-state index contributed by atoms with van der Waals surface area (Å²) in [7, 11) is 0. The molecule has 6 nitrogen and oxygen atoms in total. The predicted molar refractivity (Wildman–Crippen MR) is 105 cm³/mol. The van der Waals surface area contributed by atoms with E-state index in [1.807, 2.05) is 6.92 Å². The van der Waals surface area contributed by atoms with Crippen LogP contribution in [0.4, 0.5) is 0 Å². The molecule has 140 valence electrons. The van der Waals surface area contributed by atoms with Crippen LogP contribution >= 0.6 is 23.1 Å². The molecule has 1 saturated heterocycles. The van der Waals surface area contributed by atoms with Gasteiger partial charge >= 0.3 is 0 Å². The summed E-state index contributed by atoms with van der Waals surface area (Å²) < 4.78 is 0. The number of fused-ring (bicyclic) bond motifs is 1. The highest BCUT2D eigenvalue weighted by molar-refractivity contribution is 7.99. The van der Waals surface area contributed by atoms with Crippen LogP contribution < -0.4 is 5.56 Å². The molecule has 1 fully saturated rings. The van der Waals surface area contributed by atoms with E-state index in [1.165, 1.54) is 28.0 Å². The van der Waals surface area contributed by atoms with Crippen molar-refractivity contribution in [2.45, 2.75) is 51.6 Å². The molecule has 2 amide bonds. The summed E-state index contributed by atoms with van der Waals surface area (Å²) in [5, 5.41) is 1.11. The molecule has 26 heavy (non-hydrogen) atoms. The Labute approximate surface area is 160 Å². The highest BCUT2D eigenvalue weighted by Crippen LogP contribution is 2.30. The number of nitrogens with one attached hydrogen (secondary N) is 1. The van der Waals surface area contributed by atoms with Crippen molar-refractivity contribution in [3.63, 3.8) is 0 Å². The quantitative estimate of drug-likeness (QED) is 0.602. The molecule has 0 bridgehead atoms. The van der Waals surface area contributed by atoms with E-state index in [1.54, 1.807) is 0 Å². The van der Waals surface area contributed by atoms with E-state index in [-0.39, 0.29) is 23.1 Å². The van der Waals surface area contributed by atoms with Crippen LogP contribution in [0.1, 0.15) is 43.6 Å². The summed E-state index contributed by atoms with van der Waals surface area (Å²) in [5.41, 5.74) is 0.938. The van der Waals surface area contributed by atoms with Crippen LogP contribution in [0.5, 0.6) is 0 Å². The second-order valence-corrected chi connectivity index (χ2v) is 8.90. The van der Waals surface area contributed by atoms with Crippen LogP contribution in [0.3, 0.4) is 0 Å². The topological polar surface area (TPSA) is 83.1 Å². The Morgan fingerprint density at radius 1 is 1.42 bits per heavy atom. The summed E-state index contributed by atoms with van der Waals surface area (Å²) in [6, 6.07) is 0. The van der Waals surface area contributed by atoms with Crippen molar-refractivity contribution in [2.24, 2.45) is 5.92 Å². The molecule has 0 spiro atoms. The second kappa shape index (κ2) is 7.92. The fraction of sp³-hybridized carbons (Fsp3) is 0.556. The number of carbonyl (C=O) groups is 2. The lowest BCUT2D eigenvalue weighted by Gasteiger charge is -2.12. The first-order valence-corrected chi connectivity index (χ1v) is 10.7. The lowest BCUT2D eigenvalue weighted by molar-refractivity contribution is -0.140. The van der Waals surface area contributed by atoms with Gasteiger partial charge < -0.3 is 4.98 Å². The van der Waals surface area contributed by atoms with E-state index in [0.717, 1.165) is 34.5 Å². The molecule has 0 aromatic carbocycles. The number of aryl methyl sites for hydroxylation is 1. The number of rotatable bonds is 6. The summed E-state index contributed by atoms with van der Waals surface area (Å²) in [5.74, 6) is 0.274. The minimum atomic E-state index is -0.222. The number of likely N-dealkylation sites (tertiary alicyclic amines) is 1. The van der Waals surface area contributed by atoms with Gasteiger partial charge in [-0.05, 0) is 31.2 Å². The number of hydrogen-bond donors (Lipinski definition) is 1. The molecule has 2 aromatic rings. The molecule has 1 aliphatic heterocycles. The van der Waals surface area contributed by atoms with Crippen LogP contribution in [0, 0.1) is 12.8 Å². The van der Waals surface area contributed by atoms with E-state index in [4.69, 9.17) is 0 Å². The van der Waals surface area contributed by atoms with Crippen molar-refractivity contribution >= 4 is 45.1 Å². The zero-order valence-corrected chi connectivity index (χ0v) is 16.9. The van der Waals surface area contributed by atoms with E-state index in [9.17, 15) is 14.4 Å². The van der Waals surface area contributed by atoms with Gasteiger partial charge in [0.2, 0.25) is 11.8 Å². The third-order valence-corrected chi connectivity index (χ3v) is 6.70. The van der Waals surface area contributed by atoms with Gasteiger partial charge in [0, 0.05) is 17.8 Å². The molecular weight excluding hydrogens is 370 g/mol. The zero-order valence-electron chi connectivity index (χ0n) is 15.3. The number of amides is 2. The van der Waals surface area contributed by atoms with Gasteiger partial charge in [0.1, 0.15) is 4.83 Å². The number of H-pyrrole nitrogens is 1. The largest absolute Gasteiger partial charge is 0.301 e. The number of aromatic nitrogens is 2. The minimum Gasteiger partial charge on any atom is -0.301 e. The molecule has 0 radical (unpaired) electrons. The SMILES string of the molecule is CC[C@H](C)Cc1c(C)sc2nc(SCC(=O)N3CCCC3=O)[nH]c(=O)c12. The molecule has 1 atom stereocenters. The first-order chi connectivity index (χ1) is 12.4. The molecule has 2 aromatic heterocycles. The number of aromatic amines is 1. The van der Waals surface area contributed by atoms with Crippen molar-refractivity contribution in [1.82, 2.24) is 14.9 Å². The number of imide groups is 1. The predicted octanol–water partition coefficient (Wildman–Crippen LogP) is 3.12. The van der Waals surface area contributed by atoms with E-state index in [0.29, 0.717) is 29.4 Å². The molecule has 3 heterocycles. The van der Waals surface area contributed by atoms with Gasteiger partial charge in [0.05, 0.1) is 11.1 Å². The maximum Gasteiger partial charge on any atom is 0.260 e. The number of carbonyl (C=O) groups excluding carboxylic acids is 2. The zero-order chi connectivity index (χ0) is 18.8. The maximum absolute atomic E-state index is 12.6. The van der Waals surface area contributed by atoms with Crippen molar-refractivity contribution in [3.05, 3.63) is 20.8 Å². The Balaban J connectivity index is 1.80. The lowest BCUT2D eigenvalue weighted by atomic mass is 9.98. The summed E-state index contributed by atoms with van der Waals surface area (Å²) in [6.07, 6.45) is 3.09. The Morgan fingerprint density at radius 3 is 2.85 bits per heavy atom. The molecule has 3 rings (SSSR count). The monoisotopic (exact) mass is 393 g/mol. The van der Waals surface area contributed by atoms with Crippen molar-refractivity contribution in [1.29, 1.82) is 0 Å². The average Bonchev–Trinajstić information content (AvgIpc) is 3.16. The summed E-state index contributed by atoms with van der Waals surface area (Å²) in [4.78, 5) is 46.9. The van der Waals surface area contributed by atoms with Gasteiger partial charge in [-0.2, -0.15) is 0 Å². The second-order valence-electron chi connectivity index (χ2n) is 6.74. The first-order valence-electron chi connectivity index (χ1n) is 8.89. The lowest BCUT2D eigenvalue weighted by Crippen LogP contribution is -2.33. The van der Waals surface area contributed by atoms with Gasteiger partial charge in [-0.1, -0.05) is 32.0 Å². The Morgan fingerprint density at radius 2 is 2.19 bits per heavy atom. The van der Waals surface area contributed by atoms with E-state index >= 15 is 0 Å². The number of thiophene rings is 1. The van der Waals surface area contributed by atoms with Crippen LogP contribution in [0.2, 0.25) is 0 Å². The highest BCUT2D eigenvalue weighted by Gasteiger charge is 2.26. The standard InChI is InChI=1S/C18H23N3O3S2/c1-4-10(2)8-12-11(3)26-17-15(12)16(24)19-18(20-17)25-9-14(23)21-7-5-6-13(21)22/h10H,4-9H2,1-3H3,(H,19,20,24)/t10-/m0/s1. The van der Waals surface area contributed by atoms with E-state index < -0.39 is 0 Å². The van der Waals surface area contributed by atoms with Crippen LogP contribution in [-0.4, -0.2) is 39.0 Å². The van der Waals surface area contributed by atoms with Crippen molar-refractivity contribution in [3.8, 4) is 0 Å². The van der Waals surface area contributed by atoms with Gasteiger partial charge in [-0.3, -0.25) is 19.3 Å². The fourth-order valence-electron chi connectivity index (χ4n) is 3.08. The maximum atomic E-state index is 12.6. The highest BCUT2D eigenvalue weighted by atomic mass is 32.2. The molecule has 1 aliphatic rings. The van der Waals surface area contributed by atoms with Crippen LogP contribution in [-0.2, 0) is 16.0 Å². The normalized spacial score (nSPS) is 15.8. The Hall–Kier alpha value is -1.67. The number of nitrogens with zero attached hydrogens (tertiary/aromatic N) is 2. The first kappa shape index (κ1) is 19.1. The molecule has 0 unspecified atom stereocenters. The average molecular weight is 394 g/mol. The molecule has 8 heteroatoms. The van der Waals surface area contributed by atoms with Gasteiger partial charge in [0.15, 0.2) is 5.16 Å². The fourth-order valence-corrected chi connectivity index (χ4v) is 4.93. The van der Waals surface area contributed by atoms with Gasteiger partial charge in [-0.15, -0.1) is 11.3 Å². The number of hydrogen-bond acceptors (Lipinski definition) is 6. The molecule has 0 saturated carbocycles. The van der Waals surface area contributed by atoms with Crippen LogP contribution in [0.25, 0.3) is 10.2 Å². The minimum absolute atomic E-state index is 0.101. The summed E-state index contributed by atoms with van der Waals surface area (Å²) in [6.45, 7) is 6.84. The van der Waals surface area contributed by atoms with Crippen molar-refractivity contribution < 1.29 is 9.59 Å². The van der Waals surface area contributed by atoms with Gasteiger partial charge in [0.25, 0.3) is 5.56 Å². The van der Waals surface area contributed by atoms with E-state index in [2.05, 4.69) is 23.8 Å². The summed E-state index contributed by atoms with van der Waals surface area (Å²) >= 11 is 2.70. The Kier molecular flexibility index (Phi) is 5.82. The molecular formula is C18H23N3O3S2. The third-order valence-electron chi connectivity index (χ3n) is 4.80. The van der Waals surface area contributed by atoms with Crippen LogP contribution in [0.15, 0.2) is 9.95 Å². The smallest absolute Gasteiger partial charge is 0.260 e. The third kappa shape index (κ3) is 3.86. The number of thioether (sulfide) groups is 1. The van der Waals surface area contributed by atoms with Gasteiger partial charge in [-0.25, -0.2) is 4.98 Å². The molecule has 1 N–H and O–H groups in total. The van der Waals surface area contributed by atoms with Crippen molar-refractivity contribution in [2.75, 3.05) is 12.3 Å². The molecule has 0 aliphatic carbocycles. The Bertz CT molecular complexity index is 903.